The minimum Gasteiger partial charge on any atom is -0.490 e. The maximum atomic E-state index is 12.0. The van der Waals surface area contributed by atoms with Crippen molar-refractivity contribution in [2.75, 3.05) is 19.0 Å². The maximum Gasteiger partial charge on any atom is 0.311 e. The summed E-state index contributed by atoms with van der Waals surface area (Å²) in [5, 5.41) is 15.5. The van der Waals surface area contributed by atoms with Gasteiger partial charge < -0.3 is 14.8 Å². The number of hydrogen-bond donors (Lipinski definition) is 1. The predicted octanol–water partition coefficient (Wildman–Crippen LogP) is 3.09. The highest BCUT2D eigenvalue weighted by atomic mass is 32.1. The van der Waals surface area contributed by atoms with E-state index in [0.717, 1.165) is 4.88 Å². The third-order valence-electron chi connectivity index (χ3n) is 3.52. The SMILES string of the molecule is COc1cc(NC(=O)COC(=O)CCc2cccs2)c(C)cc1[N+](=O)[O-]. The highest BCUT2D eigenvalue weighted by molar-refractivity contribution is 7.09. The molecule has 0 fully saturated rings. The van der Waals surface area contributed by atoms with Crippen LogP contribution in [0.4, 0.5) is 11.4 Å². The molecule has 1 heterocycles. The monoisotopic (exact) mass is 378 g/mol. The normalized spacial score (nSPS) is 10.2. The first-order chi connectivity index (χ1) is 12.4. The number of nitro benzene ring substituents is 1. The fourth-order valence-corrected chi connectivity index (χ4v) is 2.91. The molecule has 0 radical (unpaired) electrons. The van der Waals surface area contributed by atoms with Crippen LogP contribution >= 0.6 is 11.3 Å². The number of esters is 1. The number of methoxy groups -OCH3 is 1. The molecule has 0 aliphatic rings. The van der Waals surface area contributed by atoms with Gasteiger partial charge in [-0.2, -0.15) is 0 Å². The first-order valence-corrected chi connectivity index (χ1v) is 8.59. The number of amides is 1. The molecule has 1 N–H and O–H groups in total. The standard InChI is InChI=1S/C17H18N2O6S/c1-11-8-14(19(22)23)15(24-2)9-13(11)18-16(20)10-25-17(21)6-5-12-4-3-7-26-12/h3-4,7-9H,5-6,10H2,1-2H3,(H,18,20). The molecule has 8 nitrogen and oxygen atoms in total. The van der Waals surface area contributed by atoms with Crippen molar-refractivity contribution in [3.8, 4) is 5.75 Å². The average molecular weight is 378 g/mol. The second-order valence-electron chi connectivity index (χ2n) is 5.38. The van der Waals surface area contributed by atoms with Crippen LogP contribution < -0.4 is 10.1 Å². The number of nitrogens with one attached hydrogen (secondary N) is 1. The quantitative estimate of drug-likeness (QED) is 0.430. The van der Waals surface area contributed by atoms with Crippen LogP contribution in [-0.2, 0) is 20.7 Å². The summed E-state index contributed by atoms with van der Waals surface area (Å²) in [6.07, 6.45) is 0.759. The van der Waals surface area contributed by atoms with Crippen molar-refractivity contribution in [3.05, 3.63) is 50.2 Å². The third kappa shape index (κ3) is 5.28. The van der Waals surface area contributed by atoms with Gasteiger partial charge in [0, 0.05) is 22.7 Å². The fourth-order valence-electron chi connectivity index (χ4n) is 2.20. The Morgan fingerprint density at radius 3 is 2.73 bits per heavy atom. The Bertz CT molecular complexity index is 804. The Hall–Kier alpha value is -2.94. The summed E-state index contributed by atoms with van der Waals surface area (Å²) in [5.74, 6) is -0.969. The Labute approximate surface area is 153 Å². The van der Waals surface area contributed by atoms with Crippen molar-refractivity contribution >= 4 is 34.6 Å². The second-order valence-corrected chi connectivity index (χ2v) is 6.42. The van der Waals surface area contributed by atoms with Gasteiger partial charge >= 0.3 is 11.7 Å². The molecule has 1 aromatic carbocycles. The Balaban J connectivity index is 1.89. The van der Waals surface area contributed by atoms with Gasteiger partial charge in [0.15, 0.2) is 12.4 Å². The number of aryl methyl sites for hydroxylation is 2. The van der Waals surface area contributed by atoms with Gasteiger partial charge in [0.1, 0.15) is 0 Å². The number of nitro groups is 1. The zero-order chi connectivity index (χ0) is 19.1. The number of hydrogen-bond acceptors (Lipinski definition) is 7. The zero-order valence-corrected chi connectivity index (χ0v) is 15.1. The summed E-state index contributed by atoms with van der Waals surface area (Å²) >= 11 is 1.55. The molecule has 138 valence electrons. The molecule has 0 bridgehead atoms. The molecule has 2 aromatic rings. The van der Waals surface area contributed by atoms with Crippen LogP contribution in [0.1, 0.15) is 16.9 Å². The molecular formula is C17H18N2O6S. The van der Waals surface area contributed by atoms with Crippen LogP contribution in [0, 0.1) is 17.0 Å². The highest BCUT2D eigenvalue weighted by Gasteiger charge is 2.18. The maximum absolute atomic E-state index is 12.0. The van der Waals surface area contributed by atoms with Gasteiger partial charge in [-0.05, 0) is 30.4 Å². The van der Waals surface area contributed by atoms with Crippen molar-refractivity contribution in [1.82, 2.24) is 0 Å². The first kappa shape index (κ1) is 19.4. The van der Waals surface area contributed by atoms with E-state index in [-0.39, 0.29) is 17.9 Å². The molecule has 0 saturated carbocycles. The third-order valence-corrected chi connectivity index (χ3v) is 4.45. The van der Waals surface area contributed by atoms with E-state index in [1.807, 2.05) is 17.5 Å². The molecule has 0 unspecified atom stereocenters. The van der Waals surface area contributed by atoms with Crippen LogP contribution in [0.25, 0.3) is 0 Å². The average Bonchev–Trinajstić information content (AvgIpc) is 3.13. The number of ether oxygens (including phenoxy) is 2. The van der Waals surface area contributed by atoms with E-state index in [9.17, 15) is 19.7 Å². The molecular weight excluding hydrogens is 360 g/mol. The topological polar surface area (TPSA) is 108 Å². The molecule has 9 heteroatoms. The lowest BCUT2D eigenvalue weighted by molar-refractivity contribution is -0.385. The highest BCUT2D eigenvalue weighted by Crippen LogP contribution is 2.32. The molecule has 26 heavy (non-hydrogen) atoms. The van der Waals surface area contributed by atoms with Crippen LogP contribution in [0.2, 0.25) is 0 Å². The summed E-state index contributed by atoms with van der Waals surface area (Å²) in [4.78, 5) is 35.1. The van der Waals surface area contributed by atoms with Crippen molar-refractivity contribution in [3.63, 3.8) is 0 Å². The van der Waals surface area contributed by atoms with E-state index in [1.54, 1.807) is 18.3 Å². The van der Waals surface area contributed by atoms with Gasteiger partial charge in [-0.25, -0.2) is 0 Å². The van der Waals surface area contributed by atoms with Crippen molar-refractivity contribution in [1.29, 1.82) is 0 Å². The van der Waals surface area contributed by atoms with Gasteiger partial charge in [-0.1, -0.05) is 6.07 Å². The smallest absolute Gasteiger partial charge is 0.311 e. The summed E-state index contributed by atoms with van der Waals surface area (Å²) in [7, 11) is 1.30. The molecule has 0 atom stereocenters. The zero-order valence-electron chi connectivity index (χ0n) is 14.3. The van der Waals surface area contributed by atoms with E-state index in [4.69, 9.17) is 9.47 Å². The van der Waals surface area contributed by atoms with Gasteiger partial charge in [-0.3, -0.25) is 19.7 Å². The largest absolute Gasteiger partial charge is 0.490 e. The second kappa shape index (κ2) is 8.95. The van der Waals surface area contributed by atoms with Crippen molar-refractivity contribution in [2.24, 2.45) is 0 Å². The first-order valence-electron chi connectivity index (χ1n) is 7.71. The Morgan fingerprint density at radius 2 is 2.12 bits per heavy atom. The molecule has 0 aliphatic carbocycles. The summed E-state index contributed by atoms with van der Waals surface area (Å²) < 4.78 is 9.92. The summed E-state index contributed by atoms with van der Waals surface area (Å²) in [5.41, 5.74) is 0.657. The van der Waals surface area contributed by atoms with Crippen LogP contribution in [-0.4, -0.2) is 30.5 Å². The van der Waals surface area contributed by atoms with Crippen LogP contribution in [0.15, 0.2) is 29.6 Å². The lowest BCUT2D eigenvalue weighted by atomic mass is 10.1. The number of benzene rings is 1. The summed E-state index contributed by atoms with van der Waals surface area (Å²) in [6.45, 7) is 1.19. The number of carbonyl (C=O) groups is 2. The van der Waals surface area contributed by atoms with E-state index in [0.29, 0.717) is 17.7 Å². The van der Waals surface area contributed by atoms with E-state index >= 15 is 0 Å². The van der Waals surface area contributed by atoms with E-state index in [2.05, 4.69) is 5.32 Å². The number of rotatable bonds is 8. The van der Waals surface area contributed by atoms with Gasteiger partial charge in [-0.15, -0.1) is 11.3 Å². The fraction of sp³-hybridized carbons (Fsp3) is 0.294. The van der Waals surface area contributed by atoms with Crippen LogP contribution in [0.5, 0.6) is 5.75 Å². The Kier molecular flexibility index (Phi) is 6.67. The summed E-state index contributed by atoms with van der Waals surface area (Å²) in [6, 6.07) is 6.50. The number of carbonyl (C=O) groups excluding carboxylic acids is 2. The number of nitrogens with zero attached hydrogens (tertiary/aromatic N) is 1. The minimum atomic E-state index is -0.563. The van der Waals surface area contributed by atoms with Gasteiger partial charge in [0.25, 0.3) is 5.91 Å². The van der Waals surface area contributed by atoms with Crippen LogP contribution in [0.3, 0.4) is 0 Å². The molecule has 0 aliphatic heterocycles. The van der Waals surface area contributed by atoms with Crippen molar-refractivity contribution in [2.45, 2.75) is 19.8 Å². The number of thiophene rings is 1. The minimum absolute atomic E-state index is 0.0313. The van der Waals surface area contributed by atoms with Gasteiger partial charge in [0.2, 0.25) is 0 Å². The van der Waals surface area contributed by atoms with E-state index in [1.165, 1.54) is 19.2 Å². The van der Waals surface area contributed by atoms with Gasteiger partial charge in [0.05, 0.1) is 18.5 Å². The molecule has 1 amide bonds. The molecule has 0 spiro atoms. The lowest BCUT2D eigenvalue weighted by Crippen LogP contribution is -2.21. The lowest BCUT2D eigenvalue weighted by Gasteiger charge is -2.11. The molecule has 1 aromatic heterocycles. The number of anilines is 1. The van der Waals surface area contributed by atoms with Crippen molar-refractivity contribution < 1.29 is 24.0 Å². The molecule has 0 saturated heterocycles. The predicted molar refractivity (Wildman–Crippen MR) is 96.6 cm³/mol. The molecule has 2 rings (SSSR count). The van der Waals surface area contributed by atoms with E-state index < -0.39 is 23.4 Å². The Morgan fingerprint density at radius 1 is 1.35 bits per heavy atom.